The lowest BCUT2D eigenvalue weighted by Crippen LogP contribution is -2.04. The molecule has 0 spiro atoms. The van der Waals surface area contributed by atoms with Crippen molar-refractivity contribution in [3.05, 3.63) is 57.6 Å². The number of rotatable bonds is 4. The summed E-state index contributed by atoms with van der Waals surface area (Å²) < 4.78 is 2.74. The van der Waals surface area contributed by atoms with E-state index in [9.17, 15) is 0 Å². The van der Waals surface area contributed by atoms with Crippen LogP contribution in [0.5, 0.6) is 0 Å². The lowest BCUT2D eigenvalue weighted by molar-refractivity contribution is 0.830. The summed E-state index contributed by atoms with van der Waals surface area (Å²) in [5.41, 5.74) is 14.6. The van der Waals surface area contributed by atoms with Crippen molar-refractivity contribution in [3.8, 4) is 17.2 Å². The van der Waals surface area contributed by atoms with E-state index < -0.39 is 0 Å². The molecule has 112 valence electrons. The molecule has 3 heterocycles. The van der Waals surface area contributed by atoms with Crippen LogP contribution in [0.4, 0.5) is 0 Å². The zero-order chi connectivity index (χ0) is 15.5. The third-order valence-corrected chi connectivity index (χ3v) is 3.95. The Bertz CT molecular complexity index is 798. The van der Waals surface area contributed by atoms with Crippen molar-refractivity contribution in [1.82, 2.24) is 19.7 Å². The maximum atomic E-state index is 5.65. The van der Waals surface area contributed by atoms with Crippen LogP contribution in [-0.2, 0) is 13.1 Å². The van der Waals surface area contributed by atoms with Crippen LogP contribution in [0.2, 0.25) is 0 Å². The SMILES string of the molecule is NCc1cccc(-c2nn(-c3cccc(CN)n3)cc2I)n1. The van der Waals surface area contributed by atoms with E-state index in [1.807, 2.05) is 42.6 Å². The van der Waals surface area contributed by atoms with Gasteiger partial charge in [0.25, 0.3) is 0 Å². The smallest absolute Gasteiger partial charge is 0.153 e. The Hall–Kier alpha value is -1.84. The monoisotopic (exact) mass is 406 g/mol. The largest absolute Gasteiger partial charge is 0.325 e. The van der Waals surface area contributed by atoms with E-state index in [-0.39, 0.29) is 0 Å². The first kappa shape index (κ1) is 15.1. The second-order valence-corrected chi connectivity index (χ2v) is 5.84. The number of hydrogen-bond acceptors (Lipinski definition) is 5. The van der Waals surface area contributed by atoms with Gasteiger partial charge in [0.05, 0.1) is 20.7 Å². The van der Waals surface area contributed by atoms with Crippen LogP contribution in [0.15, 0.2) is 42.6 Å². The number of hydrogen-bond donors (Lipinski definition) is 2. The van der Waals surface area contributed by atoms with Crippen LogP contribution >= 0.6 is 22.6 Å². The third kappa shape index (κ3) is 3.01. The van der Waals surface area contributed by atoms with Gasteiger partial charge in [-0.25, -0.2) is 14.6 Å². The van der Waals surface area contributed by atoms with Crippen molar-refractivity contribution < 1.29 is 0 Å². The van der Waals surface area contributed by atoms with Gasteiger partial charge in [0, 0.05) is 19.3 Å². The molecule has 7 heteroatoms. The van der Waals surface area contributed by atoms with Gasteiger partial charge < -0.3 is 11.5 Å². The van der Waals surface area contributed by atoms with Crippen molar-refractivity contribution in [2.75, 3.05) is 0 Å². The molecule has 0 atom stereocenters. The van der Waals surface area contributed by atoms with Crippen LogP contribution < -0.4 is 11.5 Å². The second kappa shape index (κ2) is 6.51. The minimum Gasteiger partial charge on any atom is -0.325 e. The molecule has 0 aliphatic heterocycles. The molecule has 0 unspecified atom stereocenters. The molecule has 3 aromatic heterocycles. The standard InChI is InChI=1S/C15H15IN6/c16-12-9-22(14-6-2-4-11(8-18)20-14)21-15(12)13-5-1-3-10(7-17)19-13/h1-6,9H,7-8,17-18H2. The molecule has 0 fully saturated rings. The van der Waals surface area contributed by atoms with Gasteiger partial charge >= 0.3 is 0 Å². The molecule has 0 bridgehead atoms. The molecule has 3 rings (SSSR count). The summed E-state index contributed by atoms with van der Waals surface area (Å²) in [6, 6.07) is 11.5. The number of halogens is 1. The average Bonchev–Trinajstić information content (AvgIpc) is 2.97. The number of aromatic nitrogens is 4. The maximum Gasteiger partial charge on any atom is 0.153 e. The van der Waals surface area contributed by atoms with E-state index in [0.29, 0.717) is 13.1 Å². The Morgan fingerprint density at radius 1 is 0.955 bits per heavy atom. The molecule has 0 aromatic carbocycles. The summed E-state index contributed by atoms with van der Waals surface area (Å²) in [6.45, 7) is 0.810. The fourth-order valence-electron chi connectivity index (χ4n) is 2.08. The van der Waals surface area contributed by atoms with Gasteiger partial charge in [-0.1, -0.05) is 12.1 Å². The van der Waals surface area contributed by atoms with Crippen molar-refractivity contribution >= 4 is 22.6 Å². The van der Waals surface area contributed by atoms with Crippen molar-refractivity contribution in [2.24, 2.45) is 11.5 Å². The lowest BCUT2D eigenvalue weighted by Gasteiger charge is -2.03. The first-order valence-corrected chi connectivity index (χ1v) is 7.87. The summed E-state index contributed by atoms with van der Waals surface area (Å²) in [5.74, 6) is 0.738. The van der Waals surface area contributed by atoms with Crippen molar-refractivity contribution in [1.29, 1.82) is 0 Å². The van der Waals surface area contributed by atoms with Gasteiger partial charge in [0.2, 0.25) is 0 Å². The highest BCUT2D eigenvalue weighted by Crippen LogP contribution is 2.23. The molecule has 0 aliphatic rings. The van der Waals surface area contributed by atoms with Gasteiger partial charge in [0.1, 0.15) is 5.69 Å². The minimum atomic E-state index is 0.402. The highest BCUT2D eigenvalue weighted by Gasteiger charge is 2.12. The molecule has 6 nitrogen and oxygen atoms in total. The van der Waals surface area contributed by atoms with Crippen LogP contribution in [0.1, 0.15) is 11.4 Å². The molecule has 0 saturated heterocycles. The van der Waals surface area contributed by atoms with Crippen molar-refractivity contribution in [3.63, 3.8) is 0 Å². The Balaban J connectivity index is 2.03. The summed E-state index contributed by atoms with van der Waals surface area (Å²) in [5, 5.41) is 4.60. The normalized spacial score (nSPS) is 10.9. The fourth-order valence-corrected chi connectivity index (χ4v) is 2.73. The fraction of sp³-hybridized carbons (Fsp3) is 0.133. The number of nitrogens with two attached hydrogens (primary N) is 2. The Morgan fingerprint density at radius 2 is 1.64 bits per heavy atom. The summed E-state index contributed by atoms with van der Waals surface area (Å²) in [4.78, 5) is 8.99. The first-order valence-electron chi connectivity index (χ1n) is 6.79. The molecule has 0 saturated carbocycles. The van der Waals surface area contributed by atoms with E-state index in [1.165, 1.54) is 0 Å². The van der Waals surface area contributed by atoms with Gasteiger partial charge in [-0.2, -0.15) is 5.10 Å². The highest BCUT2D eigenvalue weighted by molar-refractivity contribution is 14.1. The van der Waals surface area contributed by atoms with Crippen LogP contribution in [0.3, 0.4) is 0 Å². The lowest BCUT2D eigenvalue weighted by atomic mass is 10.2. The van der Waals surface area contributed by atoms with E-state index in [1.54, 1.807) is 4.68 Å². The quantitative estimate of drug-likeness (QED) is 0.645. The predicted octanol–water partition coefficient (Wildman–Crippen LogP) is 1.85. The van der Waals surface area contributed by atoms with Gasteiger partial charge in [0.15, 0.2) is 5.82 Å². The Kier molecular flexibility index (Phi) is 4.46. The van der Waals surface area contributed by atoms with E-state index in [4.69, 9.17) is 11.5 Å². The summed E-state index contributed by atoms with van der Waals surface area (Å²) in [6.07, 6.45) is 1.93. The molecule has 22 heavy (non-hydrogen) atoms. The summed E-state index contributed by atoms with van der Waals surface area (Å²) in [7, 11) is 0. The highest BCUT2D eigenvalue weighted by atomic mass is 127. The Morgan fingerprint density at radius 3 is 2.36 bits per heavy atom. The third-order valence-electron chi connectivity index (χ3n) is 3.16. The van der Waals surface area contributed by atoms with Crippen LogP contribution in [0, 0.1) is 3.57 Å². The van der Waals surface area contributed by atoms with Gasteiger partial charge in [-0.05, 0) is 46.9 Å². The maximum absolute atomic E-state index is 5.65. The molecule has 4 N–H and O–H groups in total. The van der Waals surface area contributed by atoms with E-state index in [0.717, 1.165) is 32.2 Å². The molecular formula is C15H15IN6. The molecule has 3 aromatic rings. The number of pyridine rings is 2. The van der Waals surface area contributed by atoms with Crippen LogP contribution in [0.25, 0.3) is 17.2 Å². The number of nitrogens with zero attached hydrogens (tertiary/aromatic N) is 4. The molecule has 0 aliphatic carbocycles. The van der Waals surface area contributed by atoms with E-state index in [2.05, 4.69) is 37.7 Å². The zero-order valence-electron chi connectivity index (χ0n) is 11.8. The second-order valence-electron chi connectivity index (χ2n) is 4.68. The molecule has 0 radical (unpaired) electrons. The van der Waals surface area contributed by atoms with Crippen molar-refractivity contribution in [2.45, 2.75) is 13.1 Å². The average molecular weight is 406 g/mol. The zero-order valence-corrected chi connectivity index (χ0v) is 13.9. The van der Waals surface area contributed by atoms with Gasteiger partial charge in [-0.3, -0.25) is 0 Å². The van der Waals surface area contributed by atoms with Gasteiger partial charge in [-0.15, -0.1) is 0 Å². The molecule has 0 amide bonds. The summed E-state index contributed by atoms with van der Waals surface area (Å²) >= 11 is 2.25. The Labute approximate surface area is 141 Å². The predicted molar refractivity (Wildman–Crippen MR) is 93.1 cm³/mol. The molecular weight excluding hydrogens is 391 g/mol. The minimum absolute atomic E-state index is 0.402. The van der Waals surface area contributed by atoms with E-state index >= 15 is 0 Å². The topological polar surface area (TPSA) is 95.6 Å². The van der Waals surface area contributed by atoms with Crippen LogP contribution in [-0.4, -0.2) is 19.7 Å². The first-order chi connectivity index (χ1) is 10.7.